The third-order valence-corrected chi connectivity index (χ3v) is 4.58. The minimum Gasteiger partial charge on any atom is -0.484 e. The van der Waals surface area contributed by atoms with Crippen molar-refractivity contribution in [3.63, 3.8) is 0 Å². The summed E-state index contributed by atoms with van der Waals surface area (Å²) in [5, 5.41) is 11.3. The Balaban J connectivity index is 1.79. The molecule has 2 fully saturated rings. The van der Waals surface area contributed by atoms with E-state index >= 15 is 0 Å². The van der Waals surface area contributed by atoms with E-state index < -0.39 is 35.6 Å². The number of carbonyl (C=O) groups excluding carboxylic acids is 1. The maximum Gasteiger partial charge on any atom is 0.422 e. The molecule has 0 N–H and O–H groups in total. The fraction of sp³-hybridized carbons (Fsp3) is 0.588. The Hall–Kier alpha value is -2.40. The number of benzene rings is 1. The molecule has 154 valence electrons. The monoisotopic (exact) mass is 404 g/mol. The van der Waals surface area contributed by atoms with Crippen molar-refractivity contribution in [2.75, 3.05) is 32.9 Å². The van der Waals surface area contributed by atoms with Crippen LogP contribution in [0.4, 0.5) is 18.9 Å². The Bertz CT molecular complexity index is 736. The van der Waals surface area contributed by atoms with Crippen molar-refractivity contribution in [2.45, 2.75) is 25.3 Å². The van der Waals surface area contributed by atoms with Gasteiger partial charge in [-0.3, -0.25) is 14.9 Å². The molecule has 0 radical (unpaired) electrons. The molecule has 2 heterocycles. The van der Waals surface area contributed by atoms with Gasteiger partial charge in [0.25, 0.3) is 11.6 Å². The molecule has 28 heavy (non-hydrogen) atoms. The third-order valence-electron chi connectivity index (χ3n) is 4.58. The molecule has 1 aromatic rings. The van der Waals surface area contributed by atoms with Crippen LogP contribution in [0.3, 0.4) is 0 Å². The molecule has 0 aliphatic carbocycles. The van der Waals surface area contributed by atoms with Crippen LogP contribution in [-0.2, 0) is 9.47 Å². The lowest BCUT2D eigenvalue weighted by atomic mass is 9.96. The summed E-state index contributed by atoms with van der Waals surface area (Å²) in [5.41, 5.74) is -0.793. The van der Waals surface area contributed by atoms with Gasteiger partial charge in [-0.2, -0.15) is 13.2 Å². The van der Waals surface area contributed by atoms with Gasteiger partial charge in [0.15, 0.2) is 12.9 Å². The minimum absolute atomic E-state index is 0.0658. The summed E-state index contributed by atoms with van der Waals surface area (Å²) in [7, 11) is 0. The van der Waals surface area contributed by atoms with E-state index in [1.54, 1.807) is 0 Å². The van der Waals surface area contributed by atoms with Gasteiger partial charge in [-0.05, 0) is 25.0 Å². The highest BCUT2D eigenvalue weighted by molar-refractivity contribution is 5.98. The van der Waals surface area contributed by atoms with Gasteiger partial charge in [0, 0.05) is 25.1 Å². The second-order valence-electron chi connectivity index (χ2n) is 6.60. The molecule has 2 aliphatic heterocycles. The first-order chi connectivity index (χ1) is 13.2. The van der Waals surface area contributed by atoms with Gasteiger partial charge in [-0.25, -0.2) is 0 Å². The van der Waals surface area contributed by atoms with Crippen molar-refractivity contribution < 1.29 is 37.1 Å². The fourth-order valence-electron chi connectivity index (χ4n) is 3.34. The summed E-state index contributed by atoms with van der Waals surface area (Å²) in [6.45, 7) is 0.0556. The molecule has 1 aromatic carbocycles. The average Bonchev–Trinajstić information content (AvgIpc) is 3.20. The molecule has 0 saturated carbocycles. The number of alkyl halides is 3. The maximum absolute atomic E-state index is 12.9. The van der Waals surface area contributed by atoms with Crippen molar-refractivity contribution >= 4 is 11.6 Å². The van der Waals surface area contributed by atoms with Crippen LogP contribution in [0.5, 0.6) is 5.75 Å². The lowest BCUT2D eigenvalue weighted by Gasteiger charge is -2.34. The summed E-state index contributed by atoms with van der Waals surface area (Å²) in [6.07, 6.45) is -3.54. The Morgan fingerprint density at radius 2 is 2.04 bits per heavy atom. The number of amides is 1. The SMILES string of the molecule is O=C(c1cc(OCC(F)(F)F)ccc1[N+](=O)[O-])N1CCCC(C2OCCO2)C1. The van der Waals surface area contributed by atoms with E-state index in [9.17, 15) is 28.1 Å². The molecule has 0 spiro atoms. The van der Waals surface area contributed by atoms with Crippen LogP contribution >= 0.6 is 0 Å². The zero-order valence-electron chi connectivity index (χ0n) is 14.8. The number of nitro groups is 1. The van der Waals surface area contributed by atoms with E-state index in [1.807, 2.05) is 0 Å². The molecule has 0 aromatic heterocycles. The van der Waals surface area contributed by atoms with Gasteiger partial charge in [0.05, 0.1) is 18.1 Å². The highest BCUT2D eigenvalue weighted by Crippen LogP contribution is 2.30. The number of ether oxygens (including phenoxy) is 3. The highest BCUT2D eigenvalue weighted by Gasteiger charge is 2.35. The van der Waals surface area contributed by atoms with E-state index in [1.165, 1.54) is 4.90 Å². The van der Waals surface area contributed by atoms with Crippen molar-refractivity contribution in [1.82, 2.24) is 4.90 Å². The summed E-state index contributed by atoms with van der Waals surface area (Å²) >= 11 is 0. The number of nitrogens with zero attached hydrogens (tertiary/aromatic N) is 2. The summed E-state index contributed by atoms with van der Waals surface area (Å²) in [4.78, 5) is 24.9. The van der Waals surface area contributed by atoms with Gasteiger partial charge < -0.3 is 19.1 Å². The number of halogens is 3. The van der Waals surface area contributed by atoms with Crippen molar-refractivity contribution in [1.29, 1.82) is 0 Å². The quantitative estimate of drug-likeness (QED) is 0.554. The predicted molar refractivity (Wildman–Crippen MR) is 89.0 cm³/mol. The van der Waals surface area contributed by atoms with Crippen LogP contribution < -0.4 is 4.74 Å². The maximum atomic E-state index is 12.9. The topological polar surface area (TPSA) is 91.1 Å². The van der Waals surface area contributed by atoms with Gasteiger partial charge in [-0.1, -0.05) is 0 Å². The Morgan fingerprint density at radius 3 is 2.68 bits per heavy atom. The number of likely N-dealkylation sites (tertiary alicyclic amines) is 1. The molecule has 1 atom stereocenters. The van der Waals surface area contributed by atoms with Crippen LogP contribution in [0.15, 0.2) is 18.2 Å². The van der Waals surface area contributed by atoms with Gasteiger partial charge in [0.1, 0.15) is 11.3 Å². The zero-order valence-corrected chi connectivity index (χ0v) is 14.8. The number of carbonyl (C=O) groups is 1. The van der Waals surface area contributed by atoms with E-state index in [0.717, 1.165) is 24.6 Å². The van der Waals surface area contributed by atoms with E-state index in [2.05, 4.69) is 4.74 Å². The normalized spacial score (nSPS) is 21.0. The first-order valence-corrected chi connectivity index (χ1v) is 8.75. The van der Waals surface area contributed by atoms with Gasteiger partial charge in [-0.15, -0.1) is 0 Å². The van der Waals surface area contributed by atoms with Gasteiger partial charge >= 0.3 is 6.18 Å². The van der Waals surface area contributed by atoms with Crippen LogP contribution in [-0.4, -0.2) is 61.1 Å². The molecule has 2 aliphatic rings. The smallest absolute Gasteiger partial charge is 0.422 e. The minimum atomic E-state index is -4.56. The summed E-state index contributed by atoms with van der Waals surface area (Å²) in [5.74, 6) is -0.960. The largest absolute Gasteiger partial charge is 0.484 e. The Morgan fingerprint density at radius 1 is 1.32 bits per heavy atom. The molecular weight excluding hydrogens is 385 g/mol. The number of piperidine rings is 1. The van der Waals surface area contributed by atoms with Crippen molar-refractivity contribution in [3.05, 3.63) is 33.9 Å². The second-order valence-corrected chi connectivity index (χ2v) is 6.60. The lowest BCUT2D eigenvalue weighted by Crippen LogP contribution is -2.44. The summed E-state index contributed by atoms with van der Waals surface area (Å²) < 4.78 is 52.7. The van der Waals surface area contributed by atoms with Crippen LogP contribution in [0, 0.1) is 16.0 Å². The second kappa shape index (κ2) is 8.31. The summed E-state index contributed by atoms with van der Waals surface area (Å²) in [6, 6.07) is 3.00. The van der Waals surface area contributed by atoms with Crippen molar-refractivity contribution in [2.24, 2.45) is 5.92 Å². The van der Waals surface area contributed by atoms with Crippen LogP contribution in [0.2, 0.25) is 0 Å². The van der Waals surface area contributed by atoms with E-state index in [-0.39, 0.29) is 23.8 Å². The molecular formula is C17H19F3N2O6. The standard InChI is InChI=1S/C17H19F3N2O6/c18-17(19,20)10-28-12-3-4-14(22(24)25)13(8-12)15(23)21-5-1-2-11(9-21)16-26-6-7-27-16/h3-4,8,11,16H,1-2,5-7,9-10H2. The predicted octanol–water partition coefficient (Wildman–Crippen LogP) is 2.76. The fourth-order valence-corrected chi connectivity index (χ4v) is 3.34. The molecule has 8 nitrogen and oxygen atoms in total. The molecule has 2 saturated heterocycles. The first kappa shape index (κ1) is 20.3. The molecule has 0 bridgehead atoms. The number of hydrogen-bond acceptors (Lipinski definition) is 6. The third kappa shape index (κ3) is 4.90. The van der Waals surface area contributed by atoms with Gasteiger partial charge in [0.2, 0.25) is 0 Å². The van der Waals surface area contributed by atoms with E-state index in [4.69, 9.17) is 9.47 Å². The van der Waals surface area contributed by atoms with Crippen LogP contribution in [0.25, 0.3) is 0 Å². The number of rotatable bonds is 5. The Kier molecular flexibility index (Phi) is 6.04. The average molecular weight is 404 g/mol. The molecule has 1 amide bonds. The molecule has 1 unspecified atom stereocenters. The Labute approximate surface area is 158 Å². The molecule has 11 heteroatoms. The van der Waals surface area contributed by atoms with Crippen LogP contribution in [0.1, 0.15) is 23.2 Å². The number of nitro benzene ring substituents is 1. The lowest BCUT2D eigenvalue weighted by molar-refractivity contribution is -0.385. The van der Waals surface area contributed by atoms with E-state index in [0.29, 0.717) is 26.2 Å². The highest BCUT2D eigenvalue weighted by atomic mass is 19.4. The first-order valence-electron chi connectivity index (χ1n) is 8.75. The zero-order chi connectivity index (χ0) is 20.3. The van der Waals surface area contributed by atoms with Crippen molar-refractivity contribution in [3.8, 4) is 5.75 Å². The molecule has 3 rings (SSSR count). The number of hydrogen-bond donors (Lipinski definition) is 0.